The van der Waals surface area contributed by atoms with Crippen molar-refractivity contribution < 1.29 is 0 Å². The molecule has 0 N–H and O–H groups in total. The van der Waals surface area contributed by atoms with Crippen molar-refractivity contribution in [2.45, 2.75) is 13.8 Å². The fourth-order valence-electron chi connectivity index (χ4n) is 5.48. The van der Waals surface area contributed by atoms with Crippen molar-refractivity contribution in [3.05, 3.63) is 190 Å². The van der Waals surface area contributed by atoms with Gasteiger partial charge in [0.1, 0.15) is 0 Å². The molecule has 0 aliphatic heterocycles. The maximum Gasteiger partial charge on any atom is -0.0105 e. The van der Waals surface area contributed by atoms with E-state index in [9.17, 15) is 0 Å². The van der Waals surface area contributed by atoms with Gasteiger partial charge in [0.15, 0.2) is 0 Å². The number of hydrogen-bond acceptors (Lipinski definition) is 0. The van der Waals surface area contributed by atoms with Crippen LogP contribution in [0, 0.1) is 0 Å². The Morgan fingerprint density at radius 1 is 0.386 bits per heavy atom. The lowest BCUT2D eigenvalue weighted by atomic mass is 9.96. The summed E-state index contributed by atoms with van der Waals surface area (Å²) in [5, 5.41) is 2.49. The van der Waals surface area contributed by atoms with Crippen LogP contribution in [0.3, 0.4) is 0 Å². The number of benzene rings is 6. The molecule has 0 aliphatic rings. The van der Waals surface area contributed by atoms with E-state index < -0.39 is 0 Å². The second kappa shape index (κ2) is 13.7. The average Bonchev–Trinajstić information content (AvgIpc) is 3.08. The zero-order chi connectivity index (χ0) is 30.1. The zero-order valence-corrected chi connectivity index (χ0v) is 25.3. The molecular weight excluding hydrogens is 528 g/mol. The van der Waals surface area contributed by atoms with Gasteiger partial charge in [0.25, 0.3) is 0 Å². The molecule has 0 fully saturated rings. The second-order valence-electron chi connectivity index (χ2n) is 11.2. The molecule has 0 atom stereocenters. The van der Waals surface area contributed by atoms with E-state index in [1.54, 1.807) is 0 Å². The highest BCUT2D eigenvalue weighted by atomic mass is 14.1. The van der Waals surface area contributed by atoms with Crippen molar-refractivity contribution in [1.82, 2.24) is 0 Å². The largest absolute Gasteiger partial charge is 0.0622 e. The Kier molecular flexibility index (Phi) is 8.90. The van der Waals surface area contributed by atoms with E-state index in [0.29, 0.717) is 0 Å². The highest BCUT2D eigenvalue weighted by Gasteiger charge is 2.04. The summed E-state index contributed by atoms with van der Waals surface area (Å²) in [5.41, 5.74) is 12.2. The summed E-state index contributed by atoms with van der Waals surface area (Å²) in [6.07, 6.45) is 13.4. The molecule has 0 aliphatic carbocycles. The Morgan fingerprint density at radius 3 is 1.39 bits per heavy atom. The number of fused-ring (bicyclic) bond motifs is 1. The quantitative estimate of drug-likeness (QED) is 0.161. The van der Waals surface area contributed by atoms with Gasteiger partial charge < -0.3 is 0 Å². The minimum absolute atomic E-state index is 1.18. The molecule has 6 rings (SSSR count). The van der Waals surface area contributed by atoms with E-state index in [4.69, 9.17) is 0 Å². The standard InChI is InChI=1S/C44H36/c1-33(39-11-5-3-6-12-39)31-37-21-17-35(18-22-37)25-27-42-29-28-41-15-9-10-16-43(41)44(42)30-26-36-19-23-38(24-20-36)32-34(2)40-13-7-4-8-14-40/h3-32H,1-2H3/b27-25-,30-26-,33-31-,34-32-. The molecule has 0 radical (unpaired) electrons. The predicted molar refractivity (Wildman–Crippen MR) is 195 cm³/mol. The summed E-state index contributed by atoms with van der Waals surface area (Å²) in [6, 6.07) is 51.6. The summed E-state index contributed by atoms with van der Waals surface area (Å²) >= 11 is 0. The fraction of sp³-hybridized carbons (Fsp3) is 0.0455. The molecule has 0 aromatic heterocycles. The first kappa shape index (κ1) is 28.6. The molecule has 44 heavy (non-hydrogen) atoms. The first-order valence-corrected chi connectivity index (χ1v) is 15.2. The molecular formula is C44H36. The first-order chi connectivity index (χ1) is 21.6. The van der Waals surface area contributed by atoms with Crippen LogP contribution in [0.2, 0.25) is 0 Å². The lowest BCUT2D eigenvalue weighted by Gasteiger charge is -2.08. The Labute approximate surface area is 261 Å². The maximum absolute atomic E-state index is 2.25. The monoisotopic (exact) mass is 564 g/mol. The normalized spacial score (nSPS) is 12.4. The highest BCUT2D eigenvalue weighted by molar-refractivity contribution is 5.97. The van der Waals surface area contributed by atoms with E-state index >= 15 is 0 Å². The van der Waals surface area contributed by atoms with Gasteiger partial charge in [-0.25, -0.2) is 0 Å². The van der Waals surface area contributed by atoms with Gasteiger partial charge in [0.2, 0.25) is 0 Å². The lowest BCUT2D eigenvalue weighted by Crippen LogP contribution is -1.85. The molecule has 0 heterocycles. The minimum atomic E-state index is 1.18. The van der Waals surface area contributed by atoms with Crippen molar-refractivity contribution in [2.75, 3.05) is 0 Å². The maximum atomic E-state index is 2.25. The van der Waals surface area contributed by atoms with Gasteiger partial charge in [-0.15, -0.1) is 0 Å². The molecule has 212 valence electrons. The lowest BCUT2D eigenvalue weighted by molar-refractivity contribution is 1.56. The Hall–Kier alpha value is -5.46. The van der Waals surface area contributed by atoms with Crippen LogP contribution in [0.25, 0.3) is 58.4 Å². The van der Waals surface area contributed by atoms with E-state index in [-0.39, 0.29) is 0 Å². The van der Waals surface area contributed by atoms with Crippen molar-refractivity contribution in [1.29, 1.82) is 0 Å². The molecule has 0 amide bonds. The van der Waals surface area contributed by atoms with Crippen LogP contribution in [0.1, 0.15) is 58.4 Å². The van der Waals surface area contributed by atoms with Gasteiger partial charge in [-0.1, -0.05) is 182 Å². The SMILES string of the molecule is C/C(=C/c1ccc(/C=C\c2ccc3ccccc3c2/C=C\c2ccc(/C=C(/C)c3ccccc3)cc2)cc1)c1ccccc1. The predicted octanol–water partition coefficient (Wildman–Crippen LogP) is 12.3. The molecule has 0 saturated heterocycles. The Bertz CT molecular complexity index is 1970. The van der Waals surface area contributed by atoms with Crippen LogP contribution < -0.4 is 0 Å². The van der Waals surface area contributed by atoms with Crippen LogP contribution in [0.4, 0.5) is 0 Å². The molecule has 6 aromatic carbocycles. The van der Waals surface area contributed by atoms with Crippen molar-refractivity contribution >= 4 is 58.4 Å². The Morgan fingerprint density at radius 2 is 0.841 bits per heavy atom. The van der Waals surface area contributed by atoms with Crippen LogP contribution in [0.15, 0.2) is 146 Å². The van der Waals surface area contributed by atoms with Gasteiger partial charge >= 0.3 is 0 Å². The van der Waals surface area contributed by atoms with Crippen molar-refractivity contribution in [2.24, 2.45) is 0 Å². The molecule has 0 bridgehead atoms. The van der Waals surface area contributed by atoms with Crippen LogP contribution in [-0.2, 0) is 0 Å². The molecule has 0 spiro atoms. The highest BCUT2D eigenvalue weighted by Crippen LogP contribution is 2.27. The summed E-state index contributed by atoms with van der Waals surface area (Å²) in [4.78, 5) is 0. The third kappa shape index (κ3) is 7.12. The molecule has 0 heteroatoms. The van der Waals surface area contributed by atoms with E-state index in [1.165, 1.54) is 66.4 Å². The average molecular weight is 565 g/mol. The van der Waals surface area contributed by atoms with Crippen LogP contribution in [0.5, 0.6) is 0 Å². The number of rotatable bonds is 8. The van der Waals surface area contributed by atoms with Gasteiger partial charge in [0.05, 0.1) is 0 Å². The van der Waals surface area contributed by atoms with E-state index in [2.05, 4.69) is 196 Å². The molecule has 0 saturated carbocycles. The smallest absolute Gasteiger partial charge is 0.0105 e. The number of allylic oxidation sites excluding steroid dienone is 2. The third-order valence-corrected chi connectivity index (χ3v) is 8.00. The second-order valence-corrected chi connectivity index (χ2v) is 11.2. The van der Waals surface area contributed by atoms with E-state index in [1.807, 2.05) is 0 Å². The zero-order valence-electron chi connectivity index (χ0n) is 25.3. The van der Waals surface area contributed by atoms with Gasteiger partial charge in [-0.2, -0.15) is 0 Å². The van der Waals surface area contributed by atoms with Gasteiger partial charge in [0, 0.05) is 0 Å². The molecule has 6 aromatic rings. The van der Waals surface area contributed by atoms with Gasteiger partial charge in [-0.05, 0) is 80.3 Å². The molecule has 0 nitrogen and oxygen atoms in total. The molecule has 0 unspecified atom stereocenters. The fourth-order valence-corrected chi connectivity index (χ4v) is 5.48. The summed E-state index contributed by atoms with van der Waals surface area (Å²) in [6.45, 7) is 4.33. The third-order valence-electron chi connectivity index (χ3n) is 8.00. The van der Waals surface area contributed by atoms with Crippen LogP contribution >= 0.6 is 0 Å². The van der Waals surface area contributed by atoms with E-state index in [0.717, 1.165) is 0 Å². The summed E-state index contributed by atoms with van der Waals surface area (Å²) < 4.78 is 0. The number of hydrogen-bond donors (Lipinski definition) is 0. The minimum Gasteiger partial charge on any atom is -0.0622 e. The van der Waals surface area contributed by atoms with Crippen molar-refractivity contribution in [3.63, 3.8) is 0 Å². The van der Waals surface area contributed by atoms with Crippen molar-refractivity contribution in [3.8, 4) is 0 Å². The summed E-state index contributed by atoms with van der Waals surface area (Å²) in [5.74, 6) is 0. The first-order valence-electron chi connectivity index (χ1n) is 15.2. The summed E-state index contributed by atoms with van der Waals surface area (Å²) in [7, 11) is 0. The van der Waals surface area contributed by atoms with Crippen LogP contribution in [-0.4, -0.2) is 0 Å². The Balaban J connectivity index is 1.23. The van der Waals surface area contributed by atoms with Gasteiger partial charge in [-0.3, -0.25) is 0 Å². The topological polar surface area (TPSA) is 0 Å².